The Bertz CT molecular complexity index is 1650. The molecule has 3 aromatic carbocycles. The van der Waals surface area contributed by atoms with E-state index >= 15 is 0 Å². The molecular weight excluding hydrogens is 598 g/mol. The molecular formula is C36H41N5O6. The lowest BCUT2D eigenvalue weighted by atomic mass is 9.99. The van der Waals surface area contributed by atoms with Crippen LogP contribution in [0.3, 0.4) is 0 Å². The number of anilines is 1. The zero-order valence-corrected chi connectivity index (χ0v) is 27.3. The van der Waals surface area contributed by atoms with Crippen LogP contribution in [-0.4, -0.2) is 52.5 Å². The van der Waals surface area contributed by atoms with Gasteiger partial charge in [-0.2, -0.15) is 0 Å². The van der Waals surface area contributed by atoms with E-state index in [2.05, 4.69) is 20.8 Å². The Morgan fingerprint density at radius 3 is 2.06 bits per heavy atom. The molecule has 2 N–H and O–H groups in total. The van der Waals surface area contributed by atoms with Gasteiger partial charge in [-0.05, 0) is 42.0 Å². The van der Waals surface area contributed by atoms with Gasteiger partial charge in [-0.25, -0.2) is 4.79 Å². The van der Waals surface area contributed by atoms with Gasteiger partial charge >= 0.3 is 6.09 Å². The third-order valence-electron chi connectivity index (χ3n) is 7.44. The van der Waals surface area contributed by atoms with Crippen LogP contribution in [0.2, 0.25) is 0 Å². The predicted molar refractivity (Wildman–Crippen MR) is 177 cm³/mol. The third kappa shape index (κ3) is 9.83. The largest absolute Gasteiger partial charge is 0.445 e. The molecule has 4 aromatic rings. The van der Waals surface area contributed by atoms with Gasteiger partial charge in [0, 0.05) is 5.69 Å². The smallest absolute Gasteiger partial charge is 0.408 e. The van der Waals surface area contributed by atoms with Gasteiger partial charge in [-0.1, -0.05) is 106 Å². The van der Waals surface area contributed by atoms with Crippen molar-refractivity contribution in [1.29, 1.82) is 0 Å². The van der Waals surface area contributed by atoms with Gasteiger partial charge in [0.1, 0.15) is 19.2 Å². The normalized spacial score (nSPS) is 12.3. The van der Waals surface area contributed by atoms with Crippen molar-refractivity contribution in [2.24, 2.45) is 11.8 Å². The van der Waals surface area contributed by atoms with Crippen LogP contribution in [0, 0.1) is 18.8 Å². The van der Waals surface area contributed by atoms with Crippen LogP contribution in [0.1, 0.15) is 61.0 Å². The van der Waals surface area contributed by atoms with Crippen molar-refractivity contribution in [2.75, 3.05) is 11.4 Å². The Kier molecular flexibility index (Phi) is 12.0. The van der Waals surface area contributed by atoms with Crippen LogP contribution >= 0.6 is 0 Å². The van der Waals surface area contributed by atoms with Gasteiger partial charge in [0.25, 0.3) is 5.89 Å². The molecule has 11 heteroatoms. The highest BCUT2D eigenvalue weighted by Crippen LogP contribution is 2.19. The Labute approximate surface area is 274 Å². The van der Waals surface area contributed by atoms with E-state index in [1.54, 1.807) is 58.0 Å². The lowest BCUT2D eigenvalue weighted by Gasteiger charge is -2.30. The number of rotatable bonds is 14. The van der Waals surface area contributed by atoms with Crippen molar-refractivity contribution < 1.29 is 28.3 Å². The van der Waals surface area contributed by atoms with Crippen molar-refractivity contribution >= 4 is 29.4 Å². The second-order valence-corrected chi connectivity index (χ2v) is 12.0. The number of carbonyl (C=O) groups excluding carboxylic acids is 4. The van der Waals surface area contributed by atoms with E-state index in [-0.39, 0.29) is 30.2 Å². The lowest BCUT2D eigenvalue weighted by molar-refractivity contribution is -0.125. The topological polar surface area (TPSA) is 144 Å². The highest BCUT2D eigenvalue weighted by atomic mass is 16.5. The summed E-state index contributed by atoms with van der Waals surface area (Å²) < 4.78 is 11.0. The fourth-order valence-electron chi connectivity index (χ4n) is 4.93. The lowest BCUT2D eigenvalue weighted by Crippen LogP contribution is -2.55. The molecule has 2 atom stereocenters. The number of hydrogen-bond acceptors (Lipinski definition) is 8. The van der Waals surface area contributed by atoms with Crippen molar-refractivity contribution in [3.05, 3.63) is 113 Å². The molecule has 0 radical (unpaired) electrons. The summed E-state index contributed by atoms with van der Waals surface area (Å²) in [6, 6.07) is 23.7. The molecule has 246 valence electrons. The summed E-state index contributed by atoms with van der Waals surface area (Å²) in [4.78, 5) is 54.9. The molecule has 0 fully saturated rings. The fraction of sp³-hybridized carbons (Fsp3) is 0.333. The molecule has 0 unspecified atom stereocenters. The number of nitrogens with one attached hydrogen (secondary N) is 2. The van der Waals surface area contributed by atoms with Crippen LogP contribution in [0.5, 0.6) is 0 Å². The number of amides is 3. The van der Waals surface area contributed by atoms with Crippen LogP contribution in [0.4, 0.5) is 10.5 Å². The molecule has 0 aliphatic heterocycles. The summed E-state index contributed by atoms with van der Waals surface area (Å²) >= 11 is 0. The maximum Gasteiger partial charge on any atom is 0.408 e. The van der Waals surface area contributed by atoms with E-state index in [1.165, 1.54) is 4.90 Å². The Morgan fingerprint density at radius 2 is 1.43 bits per heavy atom. The number of hydrogen-bond donors (Lipinski definition) is 2. The number of benzene rings is 3. The number of nitrogens with zero attached hydrogens (tertiary/aromatic N) is 3. The SMILES string of the molecule is Cc1cccc(Cc2nnc(C(=O)[C@@H](NC(=O)CN(C(=O)[C@@H](NC(=O)OCc3ccccc3)C(C)C)c3ccccc3)C(C)C)o2)c1. The standard InChI is InChI=1S/C36H41N5O6/c1-23(2)31(33(43)34-40-39-30(47-34)20-27-16-12-13-25(5)19-27)37-29(42)21-41(28-17-10-7-11-18-28)35(44)32(24(3)4)38-36(45)46-22-26-14-8-6-9-15-26/h6-19,23-24,31-32H,20-22H2,1-5H3,(H,37,42)(H,38,45)/t31-,32-/m0/s1. The zero-order chi connectivity index (χ0) is 33.9. The average Bonchev–Trinajstić information content (AvgIpc) is 3.52. The second kappa shape index (κ2) is 16.3. The molecule has 4 rings (SSSR count). The number of ether oxygens (including phenoxy) is 1. The molecule has 0 saturated carbocycles. The maximum atomic E-state index is 14.0. The molecule has 1 heterocycles. The molecule has 47 heavy (non-hydrogen) atoms. The first-order valence-electron chi connectivity index (χ1n) is 15.6. The summed E-state index contributed by atoms with van der Waals surface area (Å²) in [5.41, 5.74) is 3.30. The maximum absolute atomic E-state index is 14.0. The highest BCUT2D eigenvalue weighted by Gasteiger charge is 2.34. The number of Topliss-reactive ketones (excluding diaryl/α,β-unsaturated/α-hetero) is 1. The molecule has 1 aromatic heterocycles. The van der Waals surface area contributed by atoms with E-state index in [1.807, 2.05) is 61.5 Å². The summed E-state index contributed by atoms with van der Waals surface area (Å²) in [6.07, 6.45) is -0.398. The van der Waals surface area contributed by atoms with E-state index in [0.717, 1.165) is 16.7 Å². The highest BCUT2D eigenvalue weighted by molar-refractivity contribution is 6.04. The van der Waals surface area contributed by atoms with Crippen molar-refractivity contribution in [3.63, 3.8) is 0 Å². The van der Waals surface area contributed by atoms with Crippen molar-refractivity contribution in [3.8, 4) is 0 Å². The molecule has 0 saturated heterocycles. The minimum Gasteiger partial charge on any atom is -0.445 e. The number of ketones is 1. The monoisotopic (exact) mass is 639 g/mol. The van der Waals surface area contributed by atoms with Crippen molar-refractivity contribution in [1.82, 2.24) is 20.8 Å². The molecule has 3 amide bonds. The molecule has 0 aliphatic carbocycles. The first kappa shape index (κ1) is 34.6. The summed E-state index contributed by atoms with van der Waals surface area (Å²) in [5.74, 6) is -2.21. The predicted octanol–water partition coefficient (Wildman–Crippen LogP) is 5.28. The van der Waals surface area contributed by atoms with E-state index in [4.69, 9.17) is 9.15 Å². The van der Waals surface area contributed by atoms with Gasteiger partial charge in [0.15, 0.2) is 0 Å². The Balaban J connectivity index is 1.46. The molecule has 11 nitrogen and oxygen atoms in total. The van der Waals surface area contributed by atoms with E-state index in [0.29, 0.717) is 12.1 Å². The number of alkyl carbamates (subject to hydrolysis) is 1. The number of aromatic nitrogens is 2. The minimum absolute atomic E-state index is 0.0363. The van der Waals surface area contributed by atoms with Crippen LogP contribution < -0.4 is 15.5 Å². The number of para-hydroxylation sites is 1. The van der Waals surface area contributed by atoms with Gasteiger partial charge in [-0.15, -0.1) is 10.2 Å². The van der Waals surface area contributed by atoms with Crippen molar-refractivity contribution in [2.45, 2.75) is 59.7 Å². The Hall–Kier alpha value is -5.32. The third-order valence-corrected chi connectivity index (χ3v) is 7.44. The first-order chi connectivity index (χ1) is 22.5. The van der Waals surface area contributed by atoms with Gasteiger partial charge < -0.3 is 24.7 Å². The molecule has 0 spiro atoms. The van der Waals surface area contributed by atoms with Crippen LogP contribution in [0.15, 0.2) is 89.3 Å². The summed E-state index contributed by atoms with van der Waals surface area (Å²) in [5, 5.41) is 13.4. The second-order valence-electron chi connectivity index (χ2n) is 12.0. The number of carbonyl (C=O) groups is 4. The number of aryl methyl sites for hydroxylation is 1. The van der Waals surface area contributed by atoms with E-state index < -0.39 is 42.3 Å². The minimum atomic E-state index is -1.00. The Morgan fingerprint density at radius 1 is 0.787 bits per heavy atom. The fourth-order valence-corrected chi connectivity index (χ4v) is 4.93. The first-order valence-corrected chi connectivity index (χ1v) is 15.6. The van der Waals surface area contributed by atoms with Gasteiger partial charge in [0.2, 0.25) is 23.5 Å². The van der Waals surface area contributed by atoms with E-state index in [9.17, 15) is 19.2 Å². The zero-order valence-electron chi connectivity index (χ0n) is 27.3. The van der Waals surface area contributed by atoms with Crippen LogP contribution in [-0.2, 0) is 27.4 Å². The van der Waals surface area contributed by atoms with Gasteiger partial charge in [-0.3, -0.25) is 14.4 Å². The average molecular weight is 640 g/mol. The van der Waals surface area contributed by atoms with Crippen LogP contribution in [0.25, 0.3) is 0 Å². The molecule has 0 bridgehead atoms. The summed E-state index contributed by atoms with van der Waals surface area (Å²) in [6.45, 7) is 8.75. The molecule has 0 aliphatic rings. The summed E-state index contributed by atoms with van der Waals surface area (Å²) in [7, 11) is 0. The van der Waals surface area contributed by atoms with Gasteiger partial charge in [0.05, 0.1) is 12.5 Å². The quantitative estimate of drug-likeness (QED) is 0.178.